The molecule has 0 saturated heterocycles. The van der Waals surface area contributed by atoms with Crippen molar-refractivity contribution in [3.63, 3.8) is 0 Å². The smallest absolute Gasteiger partial charge is 0.0621 e. The fourth-order valence-corrected chi connectivity index (χ4v) is 1.64. The third kappa shape index (κ3) is 4.65. The van der Waals surface area contributed by atoms with Crippen LogP contribution in [0.4, 0.5) is 0 Å². The van der Waals surface area contributed by atoms with Crippen LogP contribution in [0.1, 0.15) is 37.8 Å². The van der Waals surface area contributed by atoms with Gasteiger partial charge in [0.25, 0.3) is 0 Å². The third-order valence-corrected chi connectivity index (χ3v) is 2.79. The van der Waals surface area contributed by atoms with E-state index in [-0.39, 0.29) is 0 Å². The molecule has 0 aliphatic heterocycles. The van der Waals surface area contributed by atoms with Crippen LogP contribution in [-0.4, -0.2) is 6.54 Å². The molecule has 86 valence electrons. The normalized spacial score (nSPS) is 12.1. The first-order valence-electron chi connectivity index (χ1n) is 5.60. The second-order valence-electron chi connectivity index (χ2n) is 3.84. The van der Waals surface area contributed by atoms with Gasteiger partial charge in [0.15, 0.2) is 0 Å². The second-order valence-corrected chi connectivity index (χ2v) is 4.28. The number of benzene rings is 1. The SMILES string of the molecule is CC(NCCCCC#N)c1ccc(Cl)cc1. The first-order chi connectivity index (χ1) is 7.74. The molecular formula is C13H17ClN2. The van der Waals surface area contributed by atoms with Crippen LogP contribution >= 0.6 is 11.6 Å². The molecule has 0 aromatic heterocycles. The number of halogens is 1. The minimum Gasteiger partial charge on any atom is -0.310 e. The van der Waals surface area contributed by atoms with Crippen molar-refractivity contribution in [1.82, 2.24) is 5.32 Å². The average molecular weight is 237 g/mol. The van der Waals surface area contributed by atoms with Crippen molar-refractivity contribution >= 4 is 11.6 Å². The number of rotatable bonds is 6. The molecule has 0 aliphatic carbocycles. The molecule has 1 rings (SSSR count). The summed E-state index contributed by atoms with van der Waals surface area (Å²) in [4.78, 5) is 0. The molecule has 1 N–H and O–H groups in total. The summed E-state index contributed by atoms with van der Waals surface area (Å²) in [6, 6.07) is 10.4. The summed E-state index contributed by atoms with van der Waals surface area (Å²) < 4.78 is 0. The molecule has 3 heteroatoms. The van der Waals surface area contributed by atoms with E-state index in [4.69, 9.17) is 16.9 Å². The Morgan fingerprint density at radius 2 is 2.00 bits per heavy atom. The summed E-state index contributed by atoms with van der Waals surface area (Å²) >= 11 is 5.83. The molecule has 0 amide bonds. The van der Waals surface area contributed by atoms with E-state index in [1.807, 2.05) is 24.3 Å². The maximum absolute atomic E-state index is 8.40. The topological polar surface area (TPSA) is 35.8 Å². The van der Waals surface area contributed by atoms with Gasteiger partial charge in [-0.15, -0.1) is 0 Å². The van der Waals surface area contributed by atoms with Gasteiger partial charge in [0.1, 0.15) is 0 Å². The summed E-state index contributed by atoms with van der Waals surface area (Å²) in [5.41, 5.74) is 1.24. The molecule has 0 fully saturated rings. The largest absolute Gasteiger partial charge is 0.310 e. The molecule has 1 atom stereocenters. The van der Waals surface area contributed by atoms with Crippen molar-refractivity contribution in [1.29, 1.82) is 5.26 Å². The van der Waals surface area contributed by atoms with Crippen molar-refractivity contribution in [3.8, 4) is 6.07 Å². The van der Waals surface area contributed by atoms with Crippen LogP contribution in [0.15, 0.2) is 24.3 Å². The van der Waals surface area contributed by atoms with Gasteiger partial charge in [0.05, 0.1) is 6.07 Å². The highest BCUT2D eigenvalue weighted by Crippen LogP contribution is 2.15. The van der Waals surface area contributed by atoms with Crippen molar-refractivity contribution in [2.75, 3.05) is 6.54 Å². The van der Waals surface area contributed by atoms with E-state index in [0.717, 1.165) is 24.4 Å². The van der Waals surface area contributed by atoms with Gasteiger partial charge in [-0.2, -0.15) is 5.26 Å². The number of nitrogens with one attached hydrogen (secondary N) is 1. The van der Waals surface area contributed by atoms with Crippen molar-refractivity contribution in [2.24, 2.45) is 0 Å². The van der Waals surface area contributed by atoms with Crippen LogP contribution in [0.25, 0.3) is 0 Å². The molecule has 0 heterocycles. The molecule has 1 aromatic rings. The highest BCUT2D eigenvalue weighted by Gasteiger charge is 2.03. The van der Waals surface area contributed by atoms with Gasteiger partial charge < -0.3 is 5.32 Å². The van der Waals surface area contributed by atoms with Gasteiger partial charge >= 0.3 is 0 Å². The molecule has 0 saturated carbocycles. The van der Waals surface area contributed by atoms with E-state index < -0.39 is 0 Å². The number of hydrogen-bond acceptors (Lipinski definition) is 2. The highest BCUT2D eigenvalue weighted by molar-refractivity contribution is 6.30. The van der Waals surface area contributed by atoms with Crippen LogP contribution < -0.4 is 5.32 Å². The lowest BCUT2D eigenvalue weighted by Gasteiger charge is -2.13. The fraction of sp³-hybridized carbons (Fsp3) is 0.462. The Hall–Kier alpha value is -1.04. The van der Waals surface area contributed by atoms with Gasteiger partial charge in [0, 0.05) is 17.5 Å². The van der Waals surface area contributed by atoms with E-state index in [9.17, 15) is 0 Å². The van der Waals surface area contributed by atoms with Crippen LogP contribution in [0.5, 0.6) is 0 Å². The molecule has 0 bridgehead atoms. The molecule has 2 nitrogen and oxygen atoms in total. The van der Waals surface area contributed by atoms with Crippen LogP contribution in [0.2, 0.25) is 5.02 Å². The van der Waals surface area contributed by atoms with Crippen molar-refractivity contribution < 1.29 is 0 Å². The molecule has 1 aromatic carbocycles. The average Bonchev–Trinajstić information content (AvgIpc) is 2.29. The Morgan fingerprint density at radius 1 is 1.31 bits per heavy atom. The Bertz CT molecular complexity index is 340. The van der Waals surface area contributed by atoms with Crippen molar-refractivity contribution in [3.05, 3.63) is 34.9 Å². The van der Waals surface area contributed by atoms with Crippen LogP contribution in [0.3, 0.4) is 0 Å². The van der Waals surface area contributed by atoms with E-state index in [1.54, 1.807) is 0 Å². The quantitative estimate of drug-likeness (QED) is 0.765. The number of unbranched alkanes of at least 4 members (excludes halogenated alkanes) is 2. The van der Waals surface area contributed by atoms with Crippen LogP contribution in [0, 0.1) is 11.3 Å². The molecule has 16 heavy (non-hydrogen) atoms. The third-order valence-electron chi connectivity index (χ3n) is 2.54. The standard InChI is InChI=1S/C13H17ClN2/c1-11(16-10-4-2-3-9-15)12-5-7-13(14)8-6-12/h5-8,11,16H,2-4,10H2,1H3. The molecule has 0 aliphatic rings. The second kappa shape index (κ2) is 7.27. The van der Waals surface area contributed by atoms with Crippen LogP contribution in [-0.2, 0) is 0 Å². The zero-order chi connectivity index (χ0) is 11.8. The molecule has 0 spiro atoms. The first kappa shape index (κ1) is 13.0. The summed E-state index contributed by atoms with van der Waals surface area (Å²) in [7, 11) is 0. The number of nitrogens with zero attached hydrogens (tertiary/aromatic N) is 1. The molecule has 1 unspecified atom stereocenters. The lowest BCUT2D eigenvalue weighted by molar-refractivity contribution is 0.549. The first-order valence-corrected chi connectivity index (χ1v) is 5.97. The summed E-state index contributed by atoms with van der Waals surface area (Å²) in [6.45, 7) is 3.08. The Labute approximate surface area is 102 Å². The van der Waals surface area contributed by atoms with Gasteiger partial charge in [-0.05, 0) is 44.0 Å². The van der Waals surface area contributed by atoms with E-state index in [1.165, 1.54) is 5.56 Å². The van der Waals surface area contributed by atoms with Crippen molar-refractivity contribution in [2.45, 2.75) is 32.2 Å². The number of nitriles is 1. The predicted molar refractivity (Wildman–Crippen MR) is 67.3 cm³/mol. The monoisotopic (exact) mass is 236 g/mol. The Kier molecular flexibility index (Phi) is 5.92. The lowest BCUT2D eigenvalue weighted by atomic mass is 10.1. The minimum atomic E-state index is 0.333. The Balaban J connectivity index is 2.27. The fourth-order valence-electron chi connectivity index (χ4n) is 1.52. The zero-order valence-electron chi connectivity index (χ0n) is 9.54. The van der Waals surface area contributed by atoms with Gasteiger partial charge in [0.2, 0.25) is 0 Å². The Morgan fingerprint density at radius 3 is 2.62 bits per heavy atom. The maximum Gasteiger partial charge on any atom is 0.0621 e. The lowest BCUT2D eigenvalue weighted by Crippen LogP contribution is -2.19. The van der Waals surface area contributed by atoms with Gasteiger partial charge in [-0.1, -0.05) is 23.7 Å². The summed E-state index contributed by atoms with van der Waals surface area (Å²) in [5, 5.41) is 12.6. The van der Waals surface area contributed by atoms with Gasteiger partial charge in [-0.25, -0.2) is 0 Å². The number of hydrogen-bond donors (Lipinski definition) is 1. The molecular weight excluding hydrogens is 220 g/mol. The molecule has 0 radical (unpaired) electrons. The maximum atomic E-state index is 8.40. The summed E-state index contributed by atoms with van der Waals surface area (Å²) in [5.74, 6) is 0. The minimum absolute atomic E-state index is 0.333. The van der Waals surface area contributed by atoms with E-state index >= 15 is 0 Å². The predicted octanol–water partition coefficient (Wildman–Crippen LogP) is 3.68. The van der Waals surface area contributed by atoms with E-state index in [2.05, 4.69) is 18.3 Å². The van der Waals surface area contributed by atoms with Gasteiger partial charge in [-0.3, -0.25) is 0 Å². The summed E-state index contributed by atoms with van der Waals surface area (Å²) in [6.07, 6.45) is 2.67. The zero-order valence-corrected chi connectivity index (χ0v) is 10.3. The van der Waals surface area contributed by atoms with E-state index in [0.29, 0.717) is 12.5 Å². The highest BCUT2D eigenvalue weighted by atomic mass is 35.5.